The number of anilines is 3. The van der Waals surface area contributed by atoms with Gasteiger partial charge in [0, 0.05) is 32.9 Å². The maximum atomic E-state index is 6.37. The van der Waals surface area contributed by atoms with Crippen LogP contribution in [-0.2, 0) is 5.41 Å². The van der Waals surface area contributed by atoms with Gasteiger partial charge in [0.15, 0.2) is 0 Å². The van der Waals surface area contributed by atoms with Gasteiger partial charge >= 0.3 is 0 Å². The lowest BCUT2D eigenvalue weighted by atomic mass is 9.11. The van der Waals surface area contributed by atoms with E-state index in [1.165, 1.54) is 74.5 Å². The molecule has 0 saturated heterocycles. The molecule has 2 nitrogen and oxygen atoms in total. The number of para-hydroxylation sites is 4. The summed E-state index contributed by atoms with van der Waals surface area (Å²) in [6, 6.07) is 83.8. The van der Waals surface area contributed by atoms with Crippen LogP contribution in [0, 0.1) is 29.1 Å². The number of benzene rings is 10. The van der Waals surface area contributed by atoms with Crippen molar-refractivity contribution in [2.45, 2.75) is 24.7 Å². The highest BCUT2D eigenvalue weighted by atomic mass is 16.3. The topological polar surface area (TPSA) is 16.4 Å². The van der Waals surface area contributed by atoms with E-state index in [0.29, 0.717) is 5.41 Å². The predicted octanol–water partition coefficient (Wildman–Crippen LogP) is 17.8. The molecule has 5 aliphatic rings. The first kappa shape index (κ1) is 38.1. The van der Waals surface area contributed by atoms with Crippen LogP contribution in [0.25, 0.3) is 88.3 Å². The van der Waals surface area contributed by atoms with Gasteiger partial charge in [-0.15, -0.1) is 0 Å². The van der Waals surface area contributed by atoms with Gasteiger partial charge in [0.25, 0.3) is 0 Å². The molecule has 69 heavy (non-hydrogen) atoms. The Hall–Kier alpha value is -7.94. The van der Waals surface area contributed by atoms with Gasteiger partial charge < -0.3 is 9.32 Å². The molecule has 4 unspecified atom stereocenters. The summed E-state index contributed by atoms with van der Waals surface area (Å²) in [4.78, 5) is 2.57. The fourth-order valence-corrected chi connectivity index (χ4v) is 15.6. The van der Waals surface area contributed by atoms with E-state index in [2.05, 4.69) is 223 Å². The molecule has 2 spiro atoms. The minimum Gasteiger partial charge on any atom is -0.456 e. The van der Waals surface area contributed by atoms with Crippen LogP contribution in [0.1, 0.15) is 30.4 Å². The minimum absolute atomic E-state index is 0.129. The van der Waals surface area contributed by atoms with Crippen molar-refractivity contribution in [2.75, 3.05) is 4.90 Å². The van der Waals surface area contributed by atoms with Gasteiger partial charge in [0.2, 0.25) is 0 Å². The Balaban J connectivity index is 0.935. The van der Waals surface area contributed by atoms with Crippen LogP contribution in [0.5, 0.6) is 0 Å². The molecule has 4 atom stereocenters. The minimum atomic E-state index is 0.129. The van der Waals surface area contributed by atoms with Crippen LogP contribution in [-0.4, -0.2) is 0 Å². The summed E-state index contributed by atoms with van der Waals surface area (Å²) in [5.41, 5.74) is 21.7. The zero-order valence-electron chi connectivity index (χ0n) is 38.1. The Morgan fingerprint density at radius 3 is 1.65 bits per heavy atom. The molecule has 10 aromatic carbocycles. The normalized spacial score (nSPS) is 23.0. The third kappa shape index (κ3) is 4.81. The molecule has 4 saturated carbocycles. The third-order valence-corrected chi connectivity index (χ3v) is 18.2. The van der Waals surface area contributed by atoms with E-state index in [1.807, 2.05) is 6.07 Å². The number of hydrogen-bond donors (Lipinski definition) is 0. The van der Waals surface area contributed by atoms with Crippen LogP contribution in [0.15, 0.2) is 229 Å². The fourth-order valence-electron chi connectivity index (χ4n) is 15.6. The maximum Gasteiger partial charge on any atom is 0.135 e. The van der Waals surface area contributed by atoms with E-state index >= 15 is 0 Å². The first-order valence-corrected chi connectivity index (χ1v) is 25.0. The molecule has 5 aliphatic carbocycles. The summed E-state index contributed by atoms with van der Waals surface area (Å²) in [7, 11) is 0. The van der Waals surface area contributed by atoms with Crippen molar-refractivity contribution < 1.29 is 4.42 Å². The van der Waals surface area contributed by atoms with E-state index in [9.17, 15) is 0 Å². The molecule has 1 heterocycles. The average Bonchev–Trinajstić information content (AvgIpc) is 3.92. The number of fused-ring (bicyclic) bond motifs is 11. The second-order valence-electron chi connectivity index (χ2n) is 20.7. The van der Waals surface area contributed by atoms with Crippen LogP contribution < -0.4 is 4.90 Å². The Morgan fingerprint density at radius 1 is 0.362 bits per heavy atom. The van der Waals surface area contributed by atoms with Crippen molar-refractivity contribution in [1.82, 2.24) is 0 Å². The standard InChI is InChI=1S/C67H47NO/c1-2-16-41(17-3-1)49-25-14-18-42-19-15-26-54(65(42)49)52-23-7-12-30-60(52)68(58-28-10-5-20-47(58)43-33-35-62-55(36-43)53-24-8-13-31-61(53)69-62)59-29-11-6-21-48(59)44-32-34-51-50-22-4-9-27-56(50)67(57(51)37-44)63-39-45-38-46-40-64(67)66(45,46)63/h1-37,45-46,63-64H,38-40H2. The van der Waals surface area contributed by atoms with Gasteiger partial charge in [0.05, 0.1) is 17.1 Å². The lowest BCUT2D eigenvalue weighted by Gasteiger charge is -2.92. The van der Waals surface area contributed by atoms with E-state index in [4.69, 9.17) is 4.42 Å². The number of nitrogens with zero attached hydrogens (tertiary/aromatic N) is 1. The van der Waals surface area contributed by atoms with E-state index in [0.717, 1.165) is 73.8 Å². The summed E-state index contributed by atoms with van der Waals surface area (Å²) in [6.07, 6.45) is 4.26. The largest absolute Gasteiger partial charge is 0.456 e. The Morgan fingerprint density at radius 2 is 0.913 bits per heavy atom. The molecular formula is C67H47NO. The summed E-state index contributed by atoms with van der Waals surface area (Å²) in [6.45, 7) is 0. The molecule has 0 N–H and O–H groups in total. The first-order valence-electron chi connectivity index (χ1n) is 25.0. The summed E-state index contributed by atoms with van der Waals surface area (Å²) < 4.78 is 6.37. The molecule has 16 rings (SSSR count). The molecule has 2 heteroatoms. The van der Waals surface area contributed by atoms with Crippen LogP contribution in [0.3, 0.4) is 0 Å². The van der Waals surface area contributed by atoms with Crippen molar-refractivity contribution in [3.8, 4) is 55.6 Å². The summed E-state index contributed by atoms with van der Waals surface area (Å²) in [5.74, 6) is 3.46. The van der Waals surface area contributed by atoms with Crippen molar-refractivity contribution in [1.29, 1.82) is 0 Å². The number of hydrogen-bond acceptors (Lipinski definition) is 2. The van der Waals surface area contributed by atoms with Gasteiger partial charge in [-0.1, -0.05) is 182 Å². The highest BCUT2D eigenvalue weighted by molar-refractivity contribution is 6.10. The van der Waals surface area contributed by atoms with Crippen LogP contribution in [0.4, 0.5) is 17.1 Å². The lowest BCUT2D eigenvalue weighted by Crippen LogP contribution is -2.88. The predicted molar refractivity (Wildman–Crippen MR) is 284 cm³/mol. The molecule has 0 bridgehead atoms. The average molecular weight is 882 g/mol. The molecule has 0 aliphatic heterocycles. The van der Waals surface area contributed by atoms with Gasteiger partial charge in [-0.2, -0.15) is 0 Å². The van der Waals surface area contributed by atoms with Crippen LogP contribution in [0.2, 0.25) is 0 Å². The lowest BCUT2D eigenvalue weighted by molar-refractivity contribution is -0.412. The summed E-state index contributed by atoms with van der Waals surface area (Å²) >= 11 is 0. The maximum absolute atomic E-state index is 6.37. The fraction of sp³-hybridized carbons (Fsp3) is 0.134. The van der Waals surface area contributed by atoms with E-state index in [1.54, 1.807) is 11.1 Å². The molecular weight excluding hydrogens is 835 g/mol. The molecule has 0 amide bonds. The Kier molecular flexibility index (Phi) is 7.63. The second kappa shape index (κ2) is 13.8. The van der Waals surface area contributed by atoms with Gasteiger partial charge in [-0.25, -0.2) is 0 Å². The van der Waals surface area contributed by atoms with Gasteiger partial charge in [0.1, 0.15) is 11.2 Å². The van der Waals surface area contributed by atoms with Gasteiger partial charge in [-0.05, 0) is 152 Å². The number of furan rings is 1. The molecule has 326 valence electrons. The van der Waals surface area contributed by atoms with E-state index < -0.39 is 0 Å². The smallest absolute Gasteiger partial charge is 0.135 e. The molecule has 4 fully saturated rings. The van der Waals surface area contributed by atoms with Crippen molar-refractivity contribution in [3.63, 3.8) is 0 Å². The highest BCUT2D eigenvalue weighted by Gasteiger charge is 2.90. The second-order valence-corrected chi connectivity index (χ2v) is 20.7. The van der Waals surface area contributed by atoms with Gasteiger partial charge in [-0.3, -0.25) is 0 Å². The highest BCUT2D eigenvalue weighted by Crippen LogP contribution is 2.94. The first-order chi connectivity index (χ1) is 34.2. The zero-order valence-corrected chi connectivity index (χ0v) is 38.1. The van der Waals surface area contributed by atoms with Crippen molar-refractivity contribution in [2.24, 2.45) is 29.1 Å². The van der Waals surface area contributed by atoms with Crippen molar-refractivity contribution in [3.05, 3.63) is 236 Å². The van der Waals surface area contributed by atoms with Crippen molar-refractivity contribution >= 4 is 49.8 Å². The number of rotatable bonds is 7. The Labute approximate surface area is 402 Å². The molecule has 0 radical (unpaired) electrons. The molecule has 11 aromatic rings. The monoisotopic (exact) mass is 881 g/mol. The third-order valence-electron chi connectivity index (χ3n) is 18.2. The summed E-state index contributed by atoms with van der Waals surface area (Å²) in [5, 5.41) is 4.73. The van der Waals surface area contributed by atoms with Crippen LogP contribution >= 0.6 is 0 Å². The quantitative estimate of drug-likeness (QED) is 0.159. The molecule has 1 aromatic heterocycles. The SMILES string of the molecule is c1ccc(-c2cccc3cccc(-c4ccccc4N(c4ccccc4-c4ccc5c(c4)C4(c6ccccc6-5)C5CC6CC7CC4C675)c4ccccc4-c4ccc5oc6ccccc6c5c4)c23)cc1. The zero-order chi connectivity index (χ0) is 45.0. The van der Waals surface area contributed by atoms with E-state index in [-0.39, 0.29) is 5.41 Å². The Bertz CT molecular complexity index is 3920.